The molecule has 0 radical (unpaired) electrons. The van der Waals surface area contributed by atoms with Crippen LogP contribution in [-0.4, -0.2) is 49.8 Å². The van der Waals surface area contributed by atoms with Gasteiger partial charge in [0, 0.05) is 25.2 Å². The SMILES string of the molecule is CCNC1CCCCCCC1N(CC)CCOCC. The molecular weight excluding hydrogens is 236 g/mol. The van der Waals surface area contributed by atoms with E-state index in [4.69, 9.17) is 4.74 Å². The molecule has 0 bridgehead atoms. The van der Waals surface area contributed by atoms with Crippen LogP contribution in [0.5, 0.6) is 0 Å². The third kappa shape index (κ3) is 6.24. The van der Waals surface area contributed by atoms with Gasteiger partial charge in [-0.3, -0.25) is 4.90 Å². The summed E-state index contributed by atoms with van der Waals surface area (Å²) in [4.78, 5) is 2.63. The van der Waals surface area contributed by atoms with Crippen LogP contribution >= 0.6 is 0 Å². The van der Waals surface area contributed by atoms with E-state index in [1.807, 2.05) is 0 Å². The molecule has 1 aliphatic rings. The molecule has 0 amide bonds. The third-order valence-electron chi connectivity index (χ3n) is 4.30. The van der Waals surface area contributed by atoms with Gasteiger partial charge in [-0.05, 0) is 32.9 Å². The van der Waals surface area contributed by atoms with Gasteiger partial charge in [0.2, 0.25) is 0 Å². The Morgan fingerprint density at radius 1 is 1.05 bits per heavy atom. The maximum atomic E-state index is 5.55. The van der Waals surface area contributed by atoms with Gasteiger partial charge in [0.25, 0.3) is 0 Å². The summed E-state index contributed by atoms with van der Waals surface area (Å²) in [5, 5.41) is 3.73. The summed E-state index contributed by atoms with van der Waals surface area (Å²) in [5.41, 5.74) is 0. The quantitative estimate of drug-likeness (QED) is 0.686. The number of rotatable bonds is 8. The zero-order chi connectivity index (χ0) is 13.9. The zero-order valence-electron chi connectivity index (χ0n) is 13.3. The molecule has 114 valence electrons. The van der Waals surface area contributed by atoms with Crippen LogP contribution in [-0.2, 0) is 4.74 Å². The maximum Gasteiger partial charge on any atom is 0.0593 e. The van der Waals surface area contributed by atoms with Gasteiger partial charge in [-0.1, -0.05) is 39.5 Å². The smallest absolute Gasteiger partial charge is 0.0593 e. The van der Waals surface area contributed by atoms with Crippen LogP contribution in [0.2, 0.25) is 0 Å². The first-order valence-corrected chi connectivity index (χ1v) is 8.38. The third-order valence-corrected chi connectivity index (χ3v) is 4.30. The highest BCUT2D eigenvalue weighted by Crippen LogP contribution is 2.22. The Hall–Kier alpha value is -0.120. The Balaban J connectivity index is 2.57. The first-order valence-electron chi connectivity index (χ1n) is 8.38. The Morgan fingerprint density at radius 3 is 2.42 bits per heavy atom. The van der Waals surface area contributed by atoms with Crippen molar-refractivity contribution in [2.75, 3.05) is 32.8 Å². The van der Waals surface area contributed by atoms with Crippen molar-refractivity contribution < 1.29 is 4.74 Å². The van der Waals surface area contributed by atoms with Crippen LogP contribution in [0, 0.1) is 0 Å². The minimum atomic E-state index is 0.673. The second kappa shape index (κ2) is 10.6. The monoisotopic (exact) mass is 270 g/mol. The van der Waals surface area contributed by atoms with Gasteiger partial charge in [-0.15, -0.1) is 0 Å². The summed E-state index contributed by atoms with van der Waals surface area (Å²) in [6.45, 7) is 11.6. The van der Waals surface area contributed by atoms with Crippen LogP contribution in [0.15, 0.2) is 0 Å². The second-order valence-electron chi connectivity index (χ2n) is 5.55. The molecule has 0 aromatic rings. The first kappa shape index (κ1) is 16.9. The van der Waals surface area contributed by atoms with Gasteiger partial charge in [0.05, 0.1) is 6.61 Å². The Kier molecular flexibility index (Phi) is 9.48. The summed E-state index contributed by atoms with van der Waals surface area (Å²) in [6.07, 6.45) is 8.29. The number of nitrogens with one attached hydrogen (secondary N) is 1. The van der Waals surface area contributed by atoms with Crippen molar-refractivity contribution in [3.63, 3.8) is 0 Å². The molecule has 1 saturated carbocycles. The van der Waals surface area contributed by atoms with Gasteiger partial charge in [0.1, 0.15) is 0 Å². The molecule has 19 heavy (non-hydrogen) atoms. The van der Waals surface area contributed by atoms with E-state index in [1.165, 1.54) is 38.5 Å². The van der Waals surface area contributed by atoms with Gasteiger partial charge in [-0.25, -0.2) is 0 Å². The fourth-order valence-electron chi connectivity index (χ4n) is 3.29. The fraction of sp³-hybridized carbons (Fsp3) is 1.00. The van der Waals surface area contributed by atoms with Crippen molar-refractivity contribution in [2.45, 2.75) is 71.4 Å². The molecule has 0 heterocycles. The topological polar surface area (TPSA) is 24.5 Å². The molecule has 0 saturated heterocycles. The van der Waals surface area contributed by atoms with E-state index in [1.54, 1.807) is 0 Å². The number of likely N-dealkylation sites (N-methyl/N-ethyl adjacent to an activating group) is 2. The van der Waals surface area contributed by atoms with Crippen molar-refractivity contribution in [3.05, 3.63) is 0 Å². The number of hydrogen-bond donors (Lipinski definition) is 1. The molecule has 2 atom stereocenters. The van der Waals surface area contributed by atoms with Crippen LogP contribution in [0.3, 0.4) is 0 Å². The van der Waals surface area contributed by atoms with Gasteiger partial charge in [-0.2, -0.15) is 0 Å². The lowest BCUT2D eigenvalue weighted by Crippen LogP contribution is -2.51. The largest absolute Gasteiger partial charge is 0.380 e. The highest BCUT2D eigenvalue weighted by Gasteiger charge is 2.26. The molecule has 1 fully saturated rings. The molecular formula is C16H34N2O. The van der Waals surface area contributed by atoms with Gasteiger partial charge < -0.3 is 10.1 Å². The van der Waals surface area contributed by atoms with E-state index >= 15 is 0 Å². The van der Waals surface area contributed by atoms with Gasteiger partial charge in [0.15, 0.2) is 0 Å². The van der Waals surface area contributed by atoms with Crippen molar-refractivity contribution in [1.82, 2.24) is 10.2 Å². The van der Waals surface area contributed by atoms with E-state index in [0.29, 0.717) is 12.1 Å². The normalized spacial score (nSPS) is 25.3. The second-order valence-corrected chi connectivity index (χ2v) is 5.55. The van der Waals surface area contributed by atoms with E-state index in [-0.39, 0.29) is 0 Å². The van der Waals surface area contributed by atoms with Crippen molar-refractivity contribution in [1.29, 1.82) is 0 Å². The first-order chi connectivity index (χ1) is 9.33. The molecule has 0 aliphatic heterocycles. The van der Waals surface area contributed by atoms with Crippen molar-refractivity contribution in [3.8, 4) is 0 Å². The lowest BCUT2D eigenvalue weighted by atomic mass is 9.91. The van der Waals surface area contributed by atoms with Crippen molar-refractivity contribution >= 4 is 0 Å². The molecule has 3 heteroatoms. The predicted molar refractivity (Wildman–Crippen MR) is 82.7 cm³/mol. The standard InChI is InChI=1S/C16H34N2O/c1-4-17-15-11-9-7-8-10-12-16(15)18(5-2)13-14-19-6-3/h15-17H,4-14H2,1-3H3. The highest BCUT2D eigenvalue weighted by atomic mass is 16.5. The summed E-state index contributed by atoms with van der Waals surface area (Å²) >= 11 is 0. The summed E-state index contributed by atoms with van der Waals surface area (Å²) < 4.78 is 5.55. The molecule has 3 nitrogen and oxygen atoms in total. The number of hydrogen-bond acceptors (Lipinski definition) is 3. The Bertz CT molecular complexity index is 211. The molecule has 0 aromatic heterocycles. The van der Waals surface area contributed by atoms with Crippen LogP contribution in [0.4, 0.5) is 0 Å². The fourth-order valence-corrected chi connectivity index (χ4v) is 3.29. The number of nitrogens with zero attached hydrogens (tertiary/aromatic N) is 1. The molecule has 1 N–H and O–H groups in total. The van der Waals surface area contributed by atoms with E-state index < -0.39 is 0 Å². The Labute approximate surface area is 120 Å². The lowest BCUT2D eigenvalue weighted by Gasteiger charge is -2.38. The number of ether oxygens (including phenoxy) is 1. The van der Waals surface area contributed by atoms with Crippen LogP contribution < -0.4 is 5.32 Å². The summed E-state index contributed by atoms with van der Waals surface area (Å²) in [7, 11) is 0. The van der Waals surface area contributed by atoms with Gasteiger partial charge >= 0.3 is 0 Å². The minimum Gasteiger partial charge on any atom is -0.380 e. The average Bonchev–Trinajstić information content (AvgIpc) is 2.40. The average molecular weight is 270 g/mol. The zero-order valence-corrected chi connectivity index (χ0v) is 13.3. The predicted octanol–water partition coefficient (Wildman–Crippen LogP) is 3.05. The molecule has 2 unspecified atom stereocenters. The molecule has 0 aromatic carbocycles. The van der Waals surface area contributed by atoms with Crippen LogP contribution in [0.1, 0.15) is 59.3 Å². The Morgan fingerprint density at radius 2 is 1.79 bits per heavy atom. The van der Waals surface area contributed by atoms with E-state index in [0.717, 1.165) is 32.8 Å². The minimum absolute atomic E-state index is 0.673. The van der Waals surface area contributed by atoms with Crippen LogP contribution in [0.25, 0.3) is 0 Å². The van der Waals surface area contributed by atoms with E-state index in [9.17, 15) is 0 Å². The lowest BCUT2D eigenvalue weighted by molar-refractivity contribution is 0.0774. The molecule has 1 rings (SSSR count). The van der Waals surface area contributed by atoms with Crippen molar-refractivity contribution in [2.24, 2.45) is 0 Å². The summed E-state index contributed by atoms with van der Waals surface area (Å²) in [6, 6.07) is 1.37. The van der Waals surface area contributed by atoms with E-state index in [2.05, 4.69) is 31.0 Å². The highest BCUT2D eigenvalue weighted by molar-refractivity contribution is 4.85. The molecule has 1 aliphatic carbocycles. The maximum absolute atomic E-state index is 5.55. The summed E-state index contributed by atoms with van der Waals surface area (Å²) in [5.74, 6) is 0. The molecule has 0 spiro atoms.